The monoisotopic (exact) mass is 219 g/mol. The molecule has 16 heavy (non-hydrogen) atoms. The summed E-state index contributed by atoms with van der Waals surface area (Å²) < 4.78 is 10.5. The van der Waals surface area contributed by atoms with Crippen molar-refractivity contribution in [2.45, 2.75) is 18.9 Å². The van der Waals surface area contributed by atoms with Gasteiger partial charge < -0.3 is 9.47 Å². The molecule has 1 aliphatic rings. The molecule has 0 aliphatic heterocycles. The van der Waals surface area contributed by atoms with Crippen LogP contribution < -0.4 is 9.47 Å². The molecule has 1 atom stereocenters. The zero-order chi connectivity index (χ0) is 11.5. The maximum Gasteiger partial charge on any atom is 0.161 e. The second kappa shape index (κ2) is 4.33. The number of fused-ring (bicyclic) bond motifs is 1. The molecule has 2 rings (SSSR count). The van der Waals surface area contributed by atoms with E-state index in [9.17, 15) is 0 Å². The molecule has 0 amide bonds. The Balaban J connectivity index is 2.47. The summed E-state index contributed by atoms with van der Waals surface area (Å²) in [6.45, 7) is 0. The first-order valence-electron chi connectivity index (χ1n) is 5.09. The molecule has 0 saturated heterocycles. The molecule has 0 saturated carbocycles. The number of nitrogens with zero attached hydrogens (tertiary/aromatic N) is 3. The van der Waals surface area contributed by atoms with Crippen LogP contribution in [0.25, 0.3) is 10.4 Å². The Labute approximate surface area is 93.6 Å². The van der Waals surface area contributed by atoms with E-state index in [0.29, 0.717) is 5.75 Å². The maximum absolute atomic E-state index is 8.48. The molecule has 0 aromatic heterocycles. The highest BCUT2D eigenvalue weighted by atomic mass is 16.5. The third-order valence-corrected chi connectivity index (χ3v) is 2.88. The number of methoxy groups -OCH3 is 2. The lowest BCUT2D eigenvalue weighted by molar-refractivity contribution is 0.354. The van der Waals surface area contributed by atoms with E-state index in [-0.39, 0.29) is 6.04 Å². The van der Waals surface area contributed by atoms with Crippen molar-refractivity contribution in [3.8, 4) is 11.5 Å². The Hall–Kier alpha value is -1.87. The van der Waals surface area contributed by atoms with E-state index >= 15 is 0 Å². The second-order valence-electron chi connectivity index (χ2n) is 3.67. The molecule has 5 nitrogen and oxygen atoms in total. The Morgan fingerprint density at radius 3 is 2.62 bits per heavy atom. The fraction of sp³-hybridized carbons (Fsp3) is 0.455. The summed E-state index contributed by atoms with van der Waals surface area (Å²) in [5, 5.41) is 3.78. The van der Waals surface area contributed by atoms with Crippen molar-refractivity contribution >= 4 is 0 Å². The van der Waals surface area contributed by atoms with Crippen molar-refractivity contribution in [3.63, 3.8) is 0 Å². The number of rotatable bonds is 3. The first kappa shape index (κ1) is 10.6. The molecule has 5 heteroatoms. The van der Waals surface area contributed by atoms with Crippen LogP contribution in [-0.4, -0.2) is 14.2 Å². The molecule has 0 bridgehead atoms. The van der Waals surface area contributed by atoms with Gasteiger partial charge in [0.15, 0.2) is 11.5 Å². The highest BCUT2D eigenvalue weighted by Crippen LogP contribution is 2.40. The summed E-state index contributed by atoms with van der Waals surface area (Å²) in [5.74, 6) is 1.41. The highest BCUT2D eigenvalue weighted by molar-refractivity contribution is 5.50. The fourth-order valence-corrected chi connectivity index (χ4v) is 2.09. The van der Waals surface area contributed by atoms with Crippen molar-refractivity contribution in [2.24, 2.45) is 5.11 Å². The minimum atomic E-state index is -0.0696. The van der Waals surface area contributed by atoms with Crippen LogP contribution in [-0.2, 0) is 6.42 Å². The van der Waals surface area contributed by atoms with Gasteiger partial charge >= 0.3 is 0 Å². The maximum atomic E-state index is 8.48. The normalized spacial score (nSPS) is 17.5. The van der Waals surface area contributed by atoms with Crippen LogP contribution in [0, 0.1) is 0 Å². The molecule has 84 valence electrons. The minimum Gasteiger partial charge on any atom is -0.493 e. The molecule has 1 aliphatic carbocycles. The van der Waals surface area contributed by atoms with E-state index in [0.717, 1.165) is 24.2 Å². The van der Waals surface area contributed by atoms with Crippen molar-refractivity contribution in [1.29, 1.82) is 0 Å². The molecule has 0 spiro atoms. The predicted molar refractivity (Wildman–Crippen MR) is 59.8 cm³/mol. The van der Waals surface area contributed by atoms with Crippen LogP contribution in [0.5, 0.6) is 11.5 Å². The summed E-state index contributed by atoms with van der Waals surface area (Å²) in [4.78, 5) is 2.87. The quantitative estimate of drug-likeness (QED) is 0.445. The third kappa shape index (κ3) is 1.66. The Morgan fingerprint density at radius 2 is 2.00 bits per heavy atom. The summed E-state index contributed by atoms with van der Waals surface area (Å²) in [6, 6.07) is 3.79. The number of hydrogen-bond donors (Lipinski definition) is 0. The van der Waals surface area contributed by atoms with Crippen LogP contribution in [0.3, 0.4) is 0 Å². The van der Waals surface area contributed by atoms with Crippen LogP contribution >= 0.6 is 0 Å². The Bertz CT molecular complexity index is 453. The Morgan fingerprint density at radius 1 is 1.31 bits per heavy atom. The number of benzene rings is 1. The topological polar surface area (TPSA) is 67.2 Å². The lowest BCUT2D eigenvalue weighted by Crippen LogP contribution is -1.94. The average molecular weight is 219 g/mol. The summed E-state index contributed by atoms with van der Waals surface area (Å²) >= 11 is 0. The van der Waals surface area contributed by atoms with E-state index in [2.05, 4.69) is 10.0 Å². The molecule has 0 radical (unpaired) electrons. The largest absolute Gasteiger partial charge is 0.493 e. The standard InChI is InChI=1S/C11H13N3O2/c1-15-10-5-7-3-4-9(13-14-12)8(7)6-11(10)16-2/h5-6,9H,3-4H2,1-2H3. The van der Waals surface area contributed by atoms with E-state index in [1.165, 1.54) is 5.56 Å². The molecular weight excluding hydrogens is 206 g/mol. The highest BCUT2D eigenvalue weighted by Gasteiger charge is 2.23. The van der Waals surface area contributed by atoms with Gasteiger partial charge in [-0.1, -0.05) is 5.11 Å². The van der Waals surface area contributed by atoms with Gasteiger partial charge in [-0.3, -0.25) is 0 Å². The third-order valence-electron chi connectivity index (χ3n) is 2.88. The van der Waals surface area contributed by atoms with Crippen LogP contribution in [0.2, 0.25) is 0 Å². The van der Waals surface area contributed by atoms with E-state index < -0.39 is 0 Å². The van der Waals surface area contributed by atoms with Crippen LogP contribution in [0.15, 0.2) is 17.2 Å². The van der Waals surface area contributed by atoms with Gasteiger partial charge in [-0.15, -0.1) is 0 Å². The molecule has 0 heterocycles. The summed E-state index contributed by atoms with van der Waals surface area (Å²) in [5.41, 5.74) is 10.7. The smallest absolute Gasteiger partial charge is 0.161 e. The Kier molecular flexibility index (Phi) is 2.88. The summed E-state index contributed by atoms with van der Waals surface area (Å²) in [6.07, 6.45) is 1.77. The van der Waals surface area contributed by atoms with Gasteiger partial charge in [0, 0.05) is 4.91 Å². The molecule has 1 aromatic carbocycles. The van der Waals surface area contributed by atoms with Crippen LogP contribution in [0.4, 0.5) is 0 Å². The zero-order valence-corrected chi connectivity index (χ0v) is 9.30. The number of azide groups is 1. The molecule has 1 unspecified atom stereocenters. The van der Waals surface area contributed by atoms with Gasteiger partial charge in [-0.2, -0.15) is 0 Å². The van der Waals surface area contributed by atoms with E-state index in [1.54, 1.807) is 14.2 Å². The number of hydrogen-bond acceptors (Lipinski definition) is 3. The van der Waals surface area contributed by atoms with E-state index in [4.69, 9.17) is 15.0 Å². The zero-order valence-electron chi connectivity index (χ0n) is 9.30. The van der Waals surface area contributed by atoms with Crippen molar-refractivity contribution in [1.82, 2.24) is 0 Å². The van der Waals surface area contributed by atoms with Gasteiger partial charge in [-0.25, -0.2) is 0 Å². The minimum absolute atomic E-state index is 0.0696. The van der Waals surface area contributed by atoms with Gasteiger partial charge in [-0.05, 0) is 41.6 Å². The molecular formula is C11H13N3O2. The SMILES string of the molecule is COc1cc2c(cc1OC)C(N=[N+]=[N-])CC2. The summed E-state index contributed by atoms with van der Waals surface area (Å²) in [7, 11) is 3.21. The lowest BCUT2D eigenvalue weighted by atomic mass is 10.1. The first-order chi connectivity index (χ1) is 7.80. The van der Waals surface area contributed by atoms with Gasteiger partial charge in [0.05, 0.1) is 20.3 Å². The molecule has 1 aromatic rings. The number of ether oxygens (including phenoxy) is 2. The molecule has 0 fully saturated rings. The van der Waals surface area contributed by atoms with Crippen molar-refractivity contribution in [3.05, 3.63) is 33.7 Å². The van der Waals surface area contributed by atoms with Gasteiger partial charge in [0.2, 0.25) is 0 Å². The fourth-order valence-electron chi connectivity index (χ4n) is 2.09. The molecule has 0 N–H and O–H groups in total. The lowest BCUT2D eigenvalue weighted by Gasteiger charge is -2.11. The van der Waals surface area contributed by atoms with Gasteiger partial charge in [0.25, 0.3) is 0 Å². The second-order valence-corrected chi connectivity index (χ2v) is 3.67. The van der Waals surface area contributed by atoms with Crippen molar-refractivity contribution < 1.29 is 9.47 Å². The van der Waals surface area contributed by atoms with Crippen LogP contribution in [0.1, 0.15) is 23.6 Å². The van der Waals surface area contributed by atoms with Crippen molar-refractivity contribution in [2.75, 3.05) is 14.2 Å². The first-order valence-corrected chi connectivity index (χ1v) is 5.09. The predicted octanol–water partition coefficient (Wildman–Crippen LogP) is 3.00. The van der Waals surface area contributed by atoms with Gasteiger partial charge in [0.1, 0.15) is 0 Å². The van der Waals surface area contributed by atoms with E-state index in [1.807, 2.05) is 12.1 Å². The average Bonchev–Trinajstić information content (AvgIpc) is 2.70. The number of aryl methyl sites for hydroxylation is 1.